The molecule has 1 aliphatic heterocycles. The maximum Gasteiger partial charge on any atom is 0.230 e. The van der Waals surface area contributed by atoms with Crippen LogP contribution in [-0.4, -0.2) is 23.2 Å². The summed E-state index contributed by atoms with van der Waals surface area (Å²) in [6.07, 6.45) is 3.71. The number of hydrogen-bond acceptors (Lipinski definition) is 5. The first-order valence-electron chi connectivity index (χ1n) is 6.44. The molecular weight excluding hydrogens is 246 g/mol. The Bertz CT molecular complexity index is 542. The van der Waals surface area contributed by atoms with E-state index in [2.05, 4.69) is 20.8 Å². The van der Waals surface area contributed by atoms with Crippen molar-refractivity contribution >= 4 is 11.3 Å². The summed E-state index contributed by atoms with van der Waals surface area (Å²) in [5, 5.41) is 11.6. The second-order valence-electron chi connectivity index (χ2n) is 5.34. The highest BCUT2D eigenvalue weighted by molar-refractivity contribution is 7.08. The summed E-state index contributed by atoms with van der Waals surface area (Å²) in [7, 11) is 0. The molecule has 2 aliphatic rings. The minimum atomic E-state index is 0.462. The average Bonchev–Trinajstić information content (AvgIpc) is 2.86. The molecule has 18 heavy (non-hydrogen) atoms. The summed E-state index contributed by atoms with van der Waals surface area (Å²) in [6, 6.07) is 2.03. The summed E-state index contributed by atoms with van der Waals surface area (Å²) in [5.74, 6) is 2.08. The van der Waals surface area contributed by atoms with Gasteiger partial charge in [-0.3, -0.25) is 0 Å². The van der Waals surface area contributed by atoms with Crippen LogP contribution in [0.15, 0.2) is 21.3 Å². The molecule has 1 atom stereocenters. The van der Waals surface area contributed by atoms with Crippen LogP contribution in [0.3, 0.4) is 0 Å². The molecule has 0 bridgehead atoms. The van der Waals surface area contributed by atoms with E-state index in [1.807, 2.05) is 11.4 Å². The van der Waals surface area contributed by atoms with Gasteiger partial charge in [0.05, 0.1) is 0 Å². The summed E-state index contributed by atoms with van der Waals surface area (Å²) in [4.78, 5) is 4.57. The van der Waals surface area contributed by atoms with Crippen LogP contribution >= 0.6 is 11.3 Å². The van der Waals surface area contributed by atoms with E-state index >= 15 is 0 Å². The second-order valence-corrected chi connectivity index (χ2v) is 6.12. The van der Waals surface area contributed by atoms with Crippen LogP contribution in [0.4, 0.5) is 0 Å². The third-order valence-corrected chi connectivity index (χ3v) is 4.99. The lowest BCUT2D eigenvalue weighted by Crippen LogP contribution is -2.29. The van der Waals surface area contributed by atoms with Gasteiger partial charge in [-0.25, -0.2) is 0 Å². The highest BCUT2D eigenvalue weighted by atomic mass is 32.1. The largest absolute Gasteiger partial charge is 0.339 e. The van der Waals surface area contributed by atoms with Crippen LogP contribution in [0, 0.1) is 5.41 Å². The number of piperidine rings is 1. The Morgan fingerprint density at radius 3 is 3.06 bits per heavy atom. The van der Waals surface area contributed by atoms with Gasteiger partial charge in [-0.15, -0.1) is 0 Å². The smallest absolute Gasteiger partial charge is 0.230 e. The van der Waals surface area contributed by atoms with Crippen molar-refractivity contribution in [3.63, 3.8) is 0 Å². The highest BCUT2D eigenvalue weighted by Crippen LogP contribution is 2.63. The zero-order valence-electron chi connectivity index (χ0n) is 10.1. The molecule has 1 saturated heterocycles. The van der Waals surface area contributed by atoms with Gasteiger partial charge in [0.15, 0.2) is 0 Å². The van der Waals surface area contributed by atoms with E-state index in [0.717, 1.165) is 30.4 Å². The monoisotopic (exact) mass is 261 g/mol. The van der Waals surface area contributed by atoms with E-state index < -0.39 is 0 Å². The molecule has 2 aromatic rings. The molecule has 4 nitrogen and oxygen atoms in total. The molecule has 5 heteroatoms. The second kappa shape index (κ2) is 3.90. The Kier molecular flexibility index (Phi) is 2.32. The molecule has 0 aromatic carbocycles. The number of aromatic nitrogens is 2. The van der Waals surface area contributed by atoms with Crippen molar-refractivity contribution < 1.29 is 4.52 Å². The summed E-state index contributed by atoms with van der Waals surface area (Å²) < 4.78 is 5.46. The van der Waals surface area contributed by atoms with E-state index in [-0.39, 0.29) is 0 Å². The average molecular weight is 261 g/mol. The third kappa shape index (κ3) is 1.61. The minimum absolute atomic E-state index is 0.462. The Labute approximate surface area is 109 Å². The van der Waals surface area contributed by atoms with Crippen molar-refractivity contribution in [1.82, 2.24) is 15.5 Å². The standard InChI is InChI=1S/C13H15N3OS/c1-6-18-8-9(1)11-15-12(17-16-11)10-7-13(10)2-4-14-5-3-13/h1,6,8,10,14H,2-5,7H2. The van der Waals surface area contributed by atoms with Gasteiger partial charge in [0, 0.05) is 16.9 Å². The topological polar surface area (TPSA) is 51.0 Å². The van der Waals surface area contributed by atoms with Crippen molar-refractivity contribution in [3.8, 4) is 11.4 Å². The molecule has 2 fully saturated rings. The fourth-order valence-corrected chi connectivity index (χ4v) is 3.69. The van der Waals surface area contributed by atoms with Gasteiger partial charge in [0.2, 0.25) is 11.7 Å². The minimum Gasteiger partial charge on any atom is -0.339 e. The van der Waals surface area contributed by atoms with Gasteiger partial charge in [0.1, 0.15) is 0 Å². The molecule has 2 aromatic heterocycles. The Balaban J connectivity index is 1.57. The van der Waals surface area contributed by atoms with Gasteiger partial charge in [0.25, 0.3) is 0 Å². The molecule has 0 radical (unpaired) electrons. The van der Waals surface area contributed by atoms with Gasteiger partial charge in [-0.05, 0) is 49.2 Å². The molecule has 1 aliphatic carbocycles. The molecule has 4 rings (SSSR count). The number of hydrogen-bond donors (Lipinski definition) is 1. The van der Waals surface area contributed by atoms with E-state index in [1.165, 1.54) is 19.3 Å². The van der Waals surface area contributed by atoms with E-state index in [0.29, 0.717) is 11.3 Å². The van der Waals surface area contributed by atoms with Crippen LogP contribution < -0.4 is 5.32 Å². The molecule has 1 saturated carbocycles. The predicted octanol–water partition coefficient (Wildman–Crippen LogP) is 2.66. The first-order valence-corrected chi connectivity index (χ1v) is 7.39. The number of thiophene rings is 1. The Hall–Kier alpha value is -1.20. The van der Waals surface area contributed by atoms with Gasteiger partial charge < -0.3 is 9.84 Å². The zero-order chi connectivity index (χ0) is 12.0. The summed E-state index contributed by atoms with van der Waals surface area (Å²) in [5.41, 5.74) is 1.53. The molecule has 3 heterocycles. The van der Waals surface area contributed by atoms with E-state index in [9.17, 15) is 0 Å². The molecule has 1 unspecified atom stereocenters. The van der Waals surface area contributed by atoms with Crippen molar-refractivity contribution in [2.45, 2.75) is 25.2 Å². The molecule has 1 spiro atoms. The van der Waals surface area contributed by atoms with Crippen LogP contribution in [0.1, 0.15) is 31.1 Å². The third-order valence-electron chi connectivity index (χ3n) is 4.31. The van der Waals surface area contributed by atoms with Crippen molar-refractivity contribution in [2.24, 2.45) is 5.41 Å². The Morgan fingerprint density at radius 2 is 2.28 bits per heavy atom. The Morgan fingerprint density at radius 1 is 1.39 bits per heavy atom. The van der Waals surface area contributed by atoms with Gasteiger partial charge >= 0.3 is 0 Å². The number of nitrogens with one attached hydrogen (secondary N) is 1. The van der Waals surface area contributed by atoms with Crippen LogP contribution in [-0.2, 0) is 0 Å². The summed E-state index contributed by atoms with van der Waals surface area (Å²) >= 11 is 1.66. The molecule has 0 amide bonds. The van der Waals surface area contributed by atoms with Crippen molar-refractivity contribution in [2.75, 3.05) is 13.1 Å². The van der Waals surface area contributed by atoms with Crippen LogP contribution in [0.2, 0.25) is 0 Å². The molecule has 1 N–H and O–H groups in total. The quantitative estimate of drug-likeness (QED) is 0.903. The molecule has 94 valence electrons. The maximum absolute atomic E-state index is 5.46. The fraction of sp³-hybridized carbons (Fsp3) is 0.538. The predicted molar refractivity (Wildman–Crippen MR) is 69.5 cm³/mol. The summed E-state index contributed by atoms with van der Waals surface area (Å²) in [6.45, 7) is 2.25. The SMILES string of the molecule is c1cc(-c2noc(C3CC34CCNCC4)n2)cs1. The first kappa shape index (κ1) is 10.7. The number of rotatable bonds is 2. The first-order chi connectivity index (χ1) is 8.87. The fourth-order valence-electron chi connectivity index (χ4n) is 3.06. The van der Waals surface area contributed by atoms with Crippen LogP contribution in [0.5, 0.6) is 0 Å². The van der Waals surface area contributed by atoms with Crippen LogP contribution in [0.25, 0.3) is 11.4 Å². The molecular formula is C13H15N3OS. The van der Waals surface area contributed by atoms with Crippen molar-refractivity contribution in [3.05, 3.63) is 22.7 Å². The van der Waals surface area contributed by atoms with E-state index in [1.54, 1.807) is 11.3 Å². The lowest BCUT2D eigenvalue weighted by atomic mass is 9.92. The zero-order valence-corrected chi connectivity index (χ0v) is 10.9. The lowest BCUT2D eigenvalue weighted by molar-refractivity contribution is 0.311. The van der Waals surface area contributed by atoms with Gasteiger partial charge in [-0.2, -0.15) is 16.3 Å². The van der Waals surface area contributed by atoms with Gasteiger partial charge in [-0.1, -0.05) is 5.16 Å². The number of nitrogens with zero attached hydrogens (tertiary/aromatic N) is 2. The van der Waals surface area contributed by atoms with E-state index in [4.69, 9.17) is 4.52 Å². The highest BCUT2D eigenvalue weighted by Gasteiger charge is 2.57. The lowest BCUT2D eigenvalue weighted by Gasteiger charge is -2.22. The maximum atomic E-state index is 5.46. The normalized spacial score (nSPS) is 25.4. The van der Waals surface area contributed by atoms with Crippen molar-refractivity contribution in [1.29, 1.82) is 0 Å².